The highest BCUT2D eigenvalue weighted by Gasteiger charge is 2.23. The lowest BCUT2D eigenvalue weighted by Crippen LogP contribution is -2.35. The van der Waals surface area contributed by atoms with E-state index in [0.29, 0.717) is 17.4 Å². The molecule has 35 heavy (non-hydrogen) atoms. The summed E-state index contributed by atoms with van der Waals surface area (Å²) in [7, 11) is 1.50. The van der Waals surface area contributed by atoms with E-state index < -0.39 is 29.6 Å². The van der Waals surface area contributed by atoms with Gasteiger partial charge in [0.15, 0.2) is 0 Å². The molecule has 0 fully saturated rings. The van der Waals surface area contributed by atoms with E-state index in [-0.39, 0.29) is 18.7 Å². The first kappa shape index (κ1) is 29.1. The maximum absolute atomic E-state index is 13.5. The molecule has 0 spiro atoms. The van der Waals surface area contributed by atoms with Crippen molar-refractivity contribution in [1.82, 2.24) is 4.90 Å². The number of nitrogens with two attached hydrogens (primary N) is 1. The molecule has 2 N–H and O–H groups in total. The molecular formula is C27H30F2N2O4. The second-order valence-corrected chi connectivity index (χ2v) is 7.13. The van der Waals surface area contributed by atoms with Gasteiger partial charge in [-0.05, 0) is 49.4 Å². The highest BCUT2D eigenvalue weighted by molar-refractivity contribution is 5.95. The van der Waals surface area contributed by atoms with Gasteiger partial charge >= 0.3 is 5.97 Å². The lowest BCUT2D eigenvalue weighted by molar-refractivity contribution is -0.142. The summed E-state index contributed by atoms with van der Waals surface area (Å²) < 4.78 is 31.9. The summed E-state index contributed by atoms with van der Waals surface area (Å²) >= 11 is 0. The van der Waals surface area contributed by atoms with Crippen molar-refractivity contribution in [2.45, 2.75) is 26.5 Å². The number of hydrogen-bond acceptors (Lipinski definition) is 5. The zero-order chi connectivity index (χ0) is 26.2. The minimum absolute atomic E-state index is 0.0842. The van der Waals surface area contributed by atoms with Gasteiger partial charge in [0.25, 0.3) is 5.91 Å². The number of ether oxygens (including phenoxy) is 1. The molecule has 0 aliphatic carbocycles. The lowest BCUT2D eigenvalue weighted by atomic mass is 10.0. The van der Waals surface area contributed by atoms with Crippen LogP contribution >= 0.6 is 0 Å². The van der Waals surface area contributed by atoms with E-state index >= 15 is 0 Å². The van der Waals surface area contributed by atoms with Gasteiger partial charge in [0.05, 0.1) is 12.6 Å². The van der Waals surface area contributed by atoms with E-state index in [4.69, 9.17) is 4.74 Å². The van der Waals surface area contributed by atoms with Crippen molar-refractivity contribution < 1.29 is 27.9 Å². The summed E-state index contributed by atoms with van der Waals surface area (Å²) in [6, 6.07) is 20.6. The number of aldehydes is 1. The summed E-state index contributed by atoms with van der Waals surface area (Å²) in [6.07, 6.45) is 0.555. The van der Waals surface area contributed by atoms with Crippen LogP contribution in [0.5, 0.6) is 0 Å². The van der Waals surface area contributed by atoms with Crippen molar-refractivity contribution in [3.63, 3.8) is 0 Å². The largest absolute Gasteiger partial charge is 0.461 e. The highest BCUT2D eigenvalue weighted by Crippen LogP contribution is 2.24. The van der Waals surface area contributed by atoms with E-state index in [0.717, 1.165) is 18.2 Å². The predicted octanol–water partition coefficient (Wildman–Crippen LogP) is 4.69. The first-order valence-corrected chi connectivity index (χ1v) is 10.8. The fourth-order valence-corrected chi connectivity index (χ4v) is 2.97. The Kier molecular flexibility index (Phi) is 13.2. The van der Waals surface area contributed by atoms with E-state index in [1.54, 1.807) is 19.1 Å². The lowest BCUT2D eigenvalue weighted by Gasteiger charge is -2.28. The van der Waals surface area contributed by atoms with Crippen molar-refractivity contribution in [2.75, 3.05) is 13.6 Å². The molecule has 0 saturated heterocycles. The summed E-state index contributed by atoms with van der Waals surface area (Å²) in [6.45, 7) is 2.74. The van der Waals surface area contributed by atoms with Crippen LogP contribution in [0.1, 0.15) is 41.4 Å². The van der Waals surface area contributed by atoms with Gasteiger partial charge in [-0.2, -0.15) is 0 Å². The monoisotopic (exact) mass is 484 g/mol. The number of carbonyl (C=O) groups excluding carboxylic acids is 3. The van der Waals surface area contributed by atoms with Crippen LogP contribution in [0.2, 0.25) is 0 Å². The third-order valence-electron chi connectivity index (χ3n) is 4.68. The maximum Gasteiger partial charge on any atom is 0.302 e. The number of nitrogens with zero attached hydrogens (tertiary/aromatic N) is 1. The van der Waals surface area contributed by atoms with Crippen LogP contribution in [0.25, 0.3) is 0 Å². The molecule has 0 aliphatic heterocycles. The summed E-state index contributed by atoms with van der Waals surface area (Å²) in [5.74, 6) is -2.39. The van der Waals surface area contributed by atoms with Gasteiger partial charge in [-0.1, -0.05) is 48.5 Å². The van der Waals surface area contributed by atoms with Crippen molar-refractivity contribution in [2.24, 2.45) is 5.73 Å². The zero-order valence-corrected chi connectivity index (χ0v) is 20.0. The molecule has 8 heteroatoms. The standard InChI is InChI=1S/C20H19F2NO4.C6H6.CH5N/c1-13(17-9-18(21)11-19(22)10-17)23(7-8-24)20(26)16-5-3-15(4-6-16)12-27-14(2)25;1-2-4-6-5-3-1;1-2/h3-6,8-11,13H,7,12H2,1-2H3;1-6H;2H2,1H3. The zero-order valence-electron chi connectivity index (χ0n) is 20.0. The Bertz CT molecular complexity index is 1010. The number of hydrogen-bond donors (Lipinski definition) is 1. The van der Waals surface area contributed by atoms with Gasteiger partial charge in [0.2, 0.25) is 0 Å². The molecule has 3 aromatic rings. The molecule has 186 valence electrons. The van der Waals surface area contributed by atoms with Gasteiger partial charge in [-0.15, -0.1) is 0 Å². The number of carbonyl (C=O) groups is 3. The van der Waals surface area contributed by atoms with Crippen LogP contribution in [0.3, 0.4) is 0 Å². The van der Waals surface area contributed by atoms with Crippen LogP contribution in [-0.2, 0) is 20.9 Å². The molecule has 1 unspecified atom stereocenters. The number of esters is 1. The Balaban J connectivity index is 0.000000654. The normalized spacial score (nSPS) is 10.5. The third-order valence-corrected chi connectivity index (χ3v) is 4.68. The quantitative estimate of drug-likeness (QED) is 0.388. The molecule has 0 heterocycles. The minimum atomic E-state index is -0.759. The molecule has 0 aromatic heterocycles. The van der Waals surface area contributed by atoms with Gasteiger partial charge < -0.3 is 20.2 Å². The fourth-order valence-electron chi connectivity index (χ4n) is 2.97. The van der Waals surface area contributed by atoms with Crippen molar-refractivity contribution in [1.29, 1.82) is 0 Å². The van der Waals surface area contributed by atoms with Crippen LogP contribution < -0.4 is 5.73 Å². The van der Waals surface area contributed by atoms with Crippen molar-refractivity contribution >= 4 is 18.2 Å². The second kappa shape index (κ2) is 15.8. The van der Waals surface area contributed by atoms with Crippen molar-refractivity contribution in [3.8, 4) is 0 Å². The smallest absolute Gasteiger partial charge is 0.302 e. The molecule has 1 amide bonds. The molecule has 0 radical (unpaired) electrons. The molecular weight excluding hydrogens is 454 g/mol. The average molecular weight is 485 g/mol. The summed E-state index contributed by atoms with van der Waals surface area (Å²) in [4.78, 5) is 35.9. The number of amides is 1. The van der Waals surface area contributed by atoms with E-state index in [1.165, 1.54) is 31.0 Å². The number of benzene rings is 3. The first-order valence-electron chi connectivity index (χ1n) is 10.8. The van der Waals surface area contributed by atoms with Crippen LogP contribution in [-0.4, -0.2) is 36.7 Å². The number of rotatable bonds is 7. The van der Waals surface area contributed by atoms with Crippen LogP contribution in [0.4, 0.5) is 8.78 Å². The average Bonchev–Trinajstić information content (AvgIpc) is 2.87. The minimum Gasteiger partial charge on any atom is -0.461 e. The Morgan fingerprint density at radius 1 is 0.943 bits per heavy atom. The Labute approximate surface area is 204 Å². The molecule has 1 atom stereocenters. The van der Waals surface area contributed by atoms with Gasteiger partial charge in [0.1, 0.15) is 24.5 Å². The molecule has 6 nitrogen and oxygen atoms in total. The predicted molar refractivity (Wildman–Crippen MR) is 130 cm³/mol. The maximum atomic E-state index is 13.5. The van der Waals surface area contributed by atoms with Crippen LogP contribution in [0, 0.1) is 11.6 Å². The fraction of sp³-hybridized carbons (Fsp3) is 0.222. The molecule has 3 aromatic carbocycles. The Morgan fingerprint density at radius 3 is 1.86 bits per heavy atom. The first-order chi connectivity index (χ1) is 16.8. The number of halogens is 2. The Morgan fingerprint density at radius 2 is 1.43 bits per heavy atom. The van der Waals surface area contributed by atoms with Crippen molar-refractivity contribution in [3.05, 3.63) is 107 Å². The van der Waals surface area contributed by atoms with Gasteiger partial charge in [-0.25, -0.2) is 8.78 Å². The molecule has 0 bridgehead atoms. The third kappa shape index (κ3) is 10.3. The van der Waals surface area contributed by atoms with Crippen LogP contribution in [0.15, 0.2) is 78.9 Å². The summed E-state index contributed by atoms with van der Waals surface area (Å²) in [5, 5.41) is 0. The SMILES string of the molecule is CC(=O)OCc1ccc(C(=O)N(CC=O)C(C)c2cc(F)cc(F)c2)cc1.CN.c1ccccc1. The molecule has 0 aliphatic rings. The van der Waals surface area contributed by atoms with E-state index in [1.807, 2.05) is 36.4 Å². The van der Waals surface area contributed by atoms with Gasteiger partial charge in [-0.3, -0.25) is 9.59 Å². The topological polar surface area (TPSA) is 89.7 Å². The van der Waals surface area contributed by atoms with E-state index in [9.17, 15) is 23.2 Å². The second-order valence-electron chi connectivity index (χ2n) is 7.13. The Hall–Kier alpha value is -3.91. The molecule has 0 saturated carbocycles. The highest BCUT2D eigenvalue weighted by atomic mass is 19.1. The van der Waals surface area contributed by atoms with Gasteiger partial charge in [0, 0.05) is 18.6 Å². The van der Waals surface area contributed by atoms with E-state index in [2.05, 4.69) is 5.73 Å². The molecule has 3 rings (SSSR count). The summed E-state index contributed by atoms with van der Waals surface area (Å²) in [5.41, 5.74) is 5.74.